The Morgan fingerprint density at radius 2 is 1.86 bits per heavy atom. The van der Waals surface area contributed by atoms with Gasteiger partial charge in [-0.05, 0) is 94.0 Å². The lowest BCUT2D eigenvalue weighted by Crippen LogP contribution is -2.42. The van der Waals surface area contributed by atoms with Crippen LogP contribution in [0.4, 0.5) is 5.69 Å². The Kier molecular flexibility index (Phi) is 9.49. The molecule has 2 atom stereocenters. The number of likely N-dealkylation sites (tertiary alicyclic amines) is 1. The zero-order valence-corrected chi connectivity index (χ0v) is 26.5. The fraction of sp³-hybridized carbons (Fsp3) is 0.375. The molecule has 2 fully saturated rings. The minimum atomic E-state index is -1.44. The van der Waals surface area contributed by atoms with Gasteiger partial charge in [0.15, 0.2) is 0 Å². The molecule has 5 N–H and O–H groups in total. The second-order valence-corrected chi connectivity index (χ2v) is 13.7. The van der Waals surface area contributed by atoms with Gasteiger partial charge in [0, 0.05) is 62.3 Å². The third kappa shape index (κ3) is 6.47. The quantitative estimate of drug-likeness (QED) is 0.266. The first-order valence-electron chi connectivity index (χ1n) is 14.4. The van der Waals surface area contributed by atoms with E-state index in [1.165, 1.54) is 12.8 Å². The molecule has 2 amide bonds. The summed E-state index contributed by atoms with van der Waals surface area (Å²) in [6.07, 6.45) is 6.41. The van der Waals surface area contributed by atoms with E-state index >= 15 is 0 Å². The number of amides is 2. The van der Waals surface area contributed by atoms with Gasteiger partial charge >= 0.3 is 0 Å². The number of hydrogen-bond acceptors (Lipinski definition) is 4. The molecule has 2 aromatic carbocycles. The summed E-state index contributed by atoms with van der Waals surface area (Å²) in [6.45, 7) is 6.44. The van der Waals surface area contributed by atoms with Crippen LogP contribution < -0.4 is 10.6 Å². The number of hydrogen-bond donors (Lipinski definition) is 3. The second-order valence-electron chi connectivity index (χ2n) is 11.5. The summed E-state index contributed by atoms with van der Waals surface area (Å²) in [5.41, 5.74) is 5.37. The average molecular weight is 644 g/mol. The molecule has 1 saturated heterocycles. The number of benzene rings is 2. The maximum absolute atomic E-state index is 13.8. The Labute approximate surface area is 264 Å². The zero-order valence-electron chi connectivity index (χ0n) is 24.2. The van der Waals surface area contributed by atoms with Crippen molar-refractivity contribution in [3.8, 4) is 0 Å². The number of rotatable bonds is 9. The molecule has 0 spiro atoms. The van der Waals surface area contributed by atoms with Crippen LogP contribution in [0.2, 0.25) is 10.0 Å². The van der Waals surface area contributed by atoms with Crippen molar-refractivity contribution in [2.45, 2.75) is 56.2 Å². The van der Waals surface area contributed by atoms with Gasteiger partial charge in [-0.1, -0.05) is 29.3 Å². The second kappa shape index (κ2) is 13.0. The minimum absolute atomic E-state index is 0. The summed E-state index contributed by atoms with van der Waals surface area (Å²) < 4.78 is 13.3. The van der Waals surface area contributed by atoms with E-state index in [0.717, 1.165) is 49.7 Å². The predicted molar refractivity (Wildman–Crippen MR) is 173 cm³/mol. The van der Waals surface area contributed by atoms with E-state index in [1.807, 2.05) is 18.7 Å². The molecule has 228 valence electrons. The number of H-pyrrole nitrogens is 1. The van der Waals surface area contributed by atoms with Crippen LogP contribution in [-0.4, -0.2) is 57.1 Å². The Bertz CT molecular complexity index is 1610. The predicted octanol–water partition coefficient (Wildman–Crippen LogP) is 5.52. The smallest absolute Gasteiger partial charge is 0.256 e. The Morgan fingerprint density at radius 1 is 1.12 bits per heavy atom. The molecule has 8 nitrogen and oxygen atoms in total. The summed E-state index contributed by atoms with van der Waals surface area (Å²) >= 11 is 12.6. The lowest BCUT2D eigenvalue weighted by Gasteiger charge is -2.25. The van der Waals surface area contributed by atoms with Gasteiger partial charge in [-0.25, -0.2) is 0 Å². The molecule has 1 saturated carbocycles. The molecule has 3 heterocycles. The molecule has 2 aliphatic heterocycles. The molecule has 1 unspecified atom stereocenters. The standard InChI is InChI=1S/C32H34Cl2N4O3S.H2O/c1-18-29(36-19(2)30(18)32(40)38-12-4-5-21(38)16-35-15-20-8-9-20)14-24-23-13-22(10-11-28(23)37-31(24)39)42(41)17-25-26(33)6-3-7-27(25)34;/h3,6-7,10-11,13-14,20-21,35-36H,4-5,8-9,12,15-17H2,1-2H3,(H,37,39);1H2/b24-14-;/t21-,42?;/m0./s1. The number of fused-ring (bicyclic) bond motifs is 1. The Morgan fingerprint density at radius 3 is 2.58 bits per heavy atom. The topological polar surface area (TPSA) is 126 Å². The van der Waals surface area contributed by atoms with Gasteiger partial charge in [0.05, 0.1) is 27.7 Å². The van der Waals surface area contributed by atoms with Gasteiger partial charge in [-0.15, -0.1) is 0 Å². The number of anilines is 1. The first-order chi connectivity index (χ1) is 20.2. The molecule has 1 aromatic heterocycles. The van der Waals surface area contributed by atoms with E-state index in [1.54, 1.807) is 42.5 Å². The maximum Gasteiger partial charge on any atom is 0.256 e. The van der Waals surface area contributed by atoms with Gasteiger partial charge < -0.3 is 26.0 Å². The molecule has 6 rings (SSSR count). The SMILES string of the molecule is Cc1[nH]c(/C=C2\C(=O)Nc3ccc(S(=O)Cc4c(Cl)cccc4Cl)cc32)c(C)c1C(=O)N1CCC[C@H]1CNCC1CC1.O. The van der Waals surface area contributed by atoms with Gasteiger partial charge in [0.2, 0.25) is 0 Å². The molecule has 1 aliphatic carbocycles. The summed E-state index contributed by atoms with van der Waals surface area (Å²) in [4.78, 5) is 32.7. The first-order valence-corrected chi connectivity index (χ1v) is 16.5. The van der Waals surface area contributed by atoms with E-state index in [4.69, 9.17) is 23.2 Å². The average Bonchev–Trinajstić information content (AvgIpc) is 3.46. The van der Waals surface area contributed by atoms with Gasteiger partial charge in [-0.3, -0.25) is 13.8 Å². The maximum atomic E-state index is 13.8. The summed E-state index contributed by atoms with van der Waals surface area (Å²) in [5, 5.41) is 7.40. The van der Waals surface area contributed by atoms with Crippen molar-refractivity contribution >= 4 is 63.2 Å². The van der Waals surface area contributed by atoms with Gasteiger partial charge in [0.25, 0.3) is 11.8 Å². The van der Waals surface area contributed by atoms with E-state index < -0.39 is 10.8 Å². The molecular weight excluding hydrogens is 607 g/mol. The summed E-state index contributed by atoms with van der Waals surface area (Å²) in [6, 6.07) is 10.7. The van der Waals surface area contributed by atoms with Crippen molar-refractivity contribution in [1.29, 1.82) is 0 Å². The molecule has 0 radical (unpaired) electrons. The first kappa shape index (κ1) is 31.5. The van der Waals surface area contributed by atoms with Crippen molar-refractivity contribution in [3.63, 3.8) is 0 Å². The largest absolute Gasteiger partial charge is 0.412 e. The third-order valence-corrected chi connectivity index (χ3v) is 10.5. The third-order valence-electron chi connectivity index (χ3n) is 8.50. The van der Waals surface area contributed by atoms with Crippen LogP contribution in [0.15, 0.2) is 41.3 Å². The van der Waals surface area contributed by atoms with Crippen molar-refractivity contribution in [2.24, 2.45) is 5.92 Å². The highest BCUT2D eigenvalue weighted by Gasteiger charge is 2.33. The number of nitrogens with zero attached hydrogens (tertiary/aromatic N) is 1. The van der Waals surface area contributed by atoms with Crippen LogP contribution in [0.25, 0.3) is 11.6 Å². The van der Waals surface area contributed by atoms with Crippen molar-refractivity contribution in [3.05, 3.63) is 80.1 Å². The van der Waals surface area contributed by atoms with E-state index in [-0.39, 0.29) is 29.1 Å². The highest BCUT2D eigenvalue weighted by Crippen LogP contribution is 2.37. The highest BCUT2D eigenvalue weighted by molar-refractivity contribution is 7.84. The van der Waals surface area contributed by atoms with E-state index in [9.17, 15) is 13.8 Å². The zero-order chi connectivity index (χ0) is 29.5. The fourth-order valence-electron chi connectivity index (χ4n) is 5.96. The van der Waals surface area contributed by atoms with Crippen LogP contribution in [-0.2, 0) is 21.3 Å². The number of aromatic nitrogens is 1. The number of halogens is 2. The molecular formula is C32H36Cl2N4O4S. The Hall–Kier alpha value is -2.95. The molecule has 43 heavy (non-hydrogen) atoms. The lowest BCUT2D eigenvalue weighted by atomic mass is 10.0. The summed E-state index contributed by atoms with van der Waals surface area (Å²) in [5.74, 6) is 0.748. The van der Waals surface area contributed by atoms with Crippen LogP contribution in [0.5, 0.6) is 0 Å². The number of carbonyl (C=O) groups excluding carboxylic acids is 2. The van der Waals surface area contributed by atoms with Crippen molar-refractivity contribution in [2.75, 3.05) is 25.0 Å². The molecule has 3 aromatic rings. The van der Waals surface area contributed by atoms with Gasteiger partial charge in [0.1, 0.15) is 0 Å². The number of nitrogens with one attached hydrogen (secondary N) is 3. The van der Waals surface area contributed by atoms with Crippen molar-refractivity contribution in [1.82, 2.24) is 15.2 Å². The fourth-order valence-corrected chi connectivity index (χ4v) is 7.85. The highest BCUT2D eigenvalue weighted by atomic mass is 35.5. The monoisotopic (exact) mass is 642 g/mol. The normalized spacial score (nSPS) is 19.3. The van der Waals surface area contributed by atoms with Crippen LogP contribution in [0, 0.1) is 19.8 Å². The van der Waals surface area contributed by atoms with Crippen LogP contribution >= 0.6 is 23.2 Å². The minimum Gasteiger partial charge on any atom is -0.412 e. The molecule has 11 heteroatoms. The Balaban J connectivity index is 0.00000368. The van der Waals surface area contributed by atoms with Crippen LogP contribution in [0.3, 0.4) is 0 Å². The number of carbonyl (C=O) groups is 2. The van der Waals surface area contributed by atoms with Gasteiger partial charge in [-0.2, -0.15) is 0 Å². The number of aryl methyl sites for hydroxylation is 1. The number of aromatic amines is 1. The van der Waals surface area contributed by atoms with E-state index in [0.29, 0.717) is 48.6 Å². The van der Waals surface area contributed by atoms with E-state index in [2.05, 4.69) is 15.6 Å². The molecule has 3 aliphatic rings. The van der Waals surface area contributed by atoms with Crippen LogP contribution in [0.1, 0.15) is 64.1 Å². The lowest BCUT2D eigenvalue weighted by molar-refractivity contribution is -0.110. The van der Waals surface area contributed by atoms with Crippen molar-refractivity contribution < 1.29 is 19.3 Å². The molecule has 0 bridgehead atoms. The summed E-state index contributed by atoms with van der Waals surface area (Å²) in [7, 11) is -1.44.